The zero-order valence-corrected chi connectivity index (χ0v) is 7.16. The Balaban J connectivity index is 2.13. The van der Waals surface area contributed by atoms with Gasteiger partial charge in [0, 0.05) is 6.04 Å². The minimum absolute atomic E-state index is 0.342. The Kier molecular flexibility index (Phi) is 3.34. The third-order valence-electron chi connectivity index (χ3n) is 2.35. The van der Waals surface area contributed by atoms with Gasteiger partial charge in [-0.25, -0.2) is 4.79 Å². The van der Waals surface area contributed by atoms with E-state index in [0.717, 1.165) is 25.7 Å². The van der Waals surface area contributed by atoms with Gasteiger partial charge in [0.25, 0.3) is 0 Å². The third-order valence-corrected chi connectivity index (χ3v) is 2.35. The smallest absolute Gasteiger partial charge is 0.404 e. The Bertz CT molecular complexity index is 153. The Morgan fingerprint density at radius 3 is 2.42 bits per heavy atom. The van der Waals surface area contributed by atoms with Gasteiger partial charge in [0.05, 0.1) is 6.61 Å². The first-order chi connectivity index (χ1) is 5.68. The number of hydrogen-bond donors (Lipinski definition) is 2. The molecule has 70 valence electrons. The topological polar surface area (TPSA) is 78.3 Å². The summed E-state index contributed by atoms with van der Waals surface area (Å²) >= 11 is 0. The molecule has 0 aromatic rings. The van der Waals surface area contributed by atoms with Crippen molar-refractivity contribution in [2.24, 2.45) is 17.4 Å². The van der Waals surface area contributed by atoms with Crippen molar-refractivity contribution in [3.05, 3.63) is 0 Å². The number of carbonyl (C=O) groups is 1. The molecule has 1 aliphatic carbocycles. The van der Waals surface area contributed by atoms with E-state index in [9.17, 15) is 4.79 Å². The molecule has 0 atom stereocenters. The van der Waals surface area contributed by atoms with Crippen LogP contribution in [0.1, 0.15) is 25.7 Å². The van der Waals surface area contributed by atoms with E-state index in [-0.39, 0.29) is 0 Å². The van der Waals surface area contributed by atoms with Gasteiger partial charge in [-0.1, -0.05) is 0 Å². The van der Waals surface area contributed by atoms with E-state index in [0.29, 0.717) is 18.6 Å². The van der Waals surface area contributed by atoms with E-state index >= 15 is 0 Å². The zero-order valence-electron chi connectivity index (χ0n) is 7.16. The molecule has 0 spiro atoms. The molecule has 12 heavy (non-hydrogen) atoms. The molecular weight excluding hydrogens is 156 g/mol. The highest BCUT2D eigenvalue weighted by molar-refractivity contribution is 5.64. The van der Waals surface area contributed by atoms with E-state index in [1.807, 2.05) is 0 Å². The molecule has 4 heteroatoms. The summed E-state index contributed by atoms with van der Waals surface area (Å²) < 4.78 is 4.71. The third kappa shape index (κ3) is 3.09. The number of primary amides is 1. The summed E-state index contributed by atoms with van der Waals surface area (Å²) in [5, 5.41) is 0. The molecule has 0 heterocycles. The summed E-state index contributed by atoms with van der Waals surface area (Å²) in [5.41, 5.74) is 10.6. The molecule has 4 N–H and O–H groups in total. The molecule has 1 aliphatic rings. The average molecular weight is 172 g/mol. The van der Waals surface area contributed by atoms with Crippen LogP contribution in [0.25, 0.3) is 0 Å². The SMILES string of the molecule is NC(=O)OCC1CCC(N)CC1. The normalized spacial score (nSPS) is 29.8. The van der Waals surface area contributed by atoms with Crippen LogP contribution in [0.15, 0.2) is 0 Å². The molecule has 4 nitrogen and oxygen atoms in total. The van der Waals surface area contributed by atoms with E-state index in [1.165, 1.54) is 0 Å². The Labute approximate surface area is 72.2 Å². The van der Waals surface area contributed by atoms with Crippen LogP contribution in [-0.2, 0) is 4.74 Å². The number of rotatable bonds is 2. The largest absolute Gasteiger partial charge is 0.449 e. The second-order valence-corrected chi connectivity index (χ2v) is 3.41. The monoisotopic (exact) mass is 172 g/mol. The maximum absolute atomic E-state index is 10.3. The lowest BCUT2D eigenvalue weighted by Crippen LogP contribution is -2.29. The fraction of sp³-hybridized carbons (Fsp3) is 0.875. The van der Waals surface area contributed by atoms with Crippen LogP contribution < -0.4 is 11.5 Å². The predicted octanol–water partition coefficient (Wildman–Crippen LogP) is 0.599. The molecule has 1 saturated carbocycles. The summed E-state index contributed by atoms with van der Waals surface area (Å²) in [6.07, 6.45) is 3.49. The van der Waals surface area contributed by atoms with Crippen LogP contribution in [0.3, 0.4) is 0 Å². The van der Waals surface area contributed by atoms with Crippen molar-refractivity contribution in [3.63, 3.8) is 0 Å². The summed E-state index contributed by atoms with van der Waals surface area (Å²) in [5.74, 6) is 0.470. The van der Waals surface area contributed by atoms with Crippen LogP contribution in [0.5, 0.6) is 0 Å². The summed E-state index contributed by atoms with van der Waals surface area (Å²) in [6, 6.07) is 0.342. The lowest BCUT2D eigenvalue weighted by molar-refractivity contribution is 0.122. The van der Waals surface area contributed by atoms with Crippen LogP contribution in [0.2, 0.25) is 0 Å². The molecule has 0 bridgehead atoms. The molecule has 0 radical (unpaired) electrons. The number of carbonyl (C=O) groups excluding carboxylic acids is 1. The number of amides is 1. The molecule has 1 amide bonds. The lowest BCUT2D eigenvalue weighted by atomic mass is 9.87. The second-order valence-electron chi connectivity index (χ2n) is 3.41. The van der Waals surface area contributed by atoms with Crippen molar-refractivity contribution in [1.29, 1.82) is 0 Å². The highest BCUT2D eigenvalue weighted by Crippen LogP contribution is 2.22. The maximum atomic E-state index is 10.3. The Morgan fingerprint density at radius 1 is 1.33 bits per heavy atom. The zero-order chi connectivity index (χ0) is 8.97. The van der Waals surface area contributed by atoms with Crippen molar-refractivity contribution < 1.29 is 9.53 Å². The van der Waals surface area contributed by atoms with Crippen LogP contribution in [-0.4, -0.2) is 18.7 Å². The summed E-state index contributed by atoms with van der Waals surface area (Å²) in [4.78, 5) is 10.3. The standard InChI is InChI=1S/C8H16N2O2/c9-7-3-1-6(2-4-7)5-12-8(10)11/h6-7H,1-5,9H2,(H2,10,11). The molecule has 0 saturated heterocycles. The van der Waals surface area contributed by atoms with E-state index in [2.05, 4.69) is 0 Å². The second kappa shape index (κ2) is 4.30. The molecule has 0 aromatic heterocycles. The Morgan fingerprint density at radius 2 is 1.92 bits per heavy atom. The minimum atomic E-state index is -0.676. The molecule has 1 fully saturated rings. The molecule has 0 aromatic carbocycles. The Hall–Kier alpha value is -0.770. The van der Waals surface area contributed by atoms with Gasteiger partial charge in [-0.3, -0.25) is 0 Å². The van der Waals surface area contributed by atoms with Crippen molar-refractivity contribution in [2.45, 2.75) is 31.7 Å². The van der Waals surface area contributed by atoms with Gasteiger partial charge in [-0.05, 0) is 31.6 Å². The van der Waals surface area contributed by atoms with E-state index in [4.69, 9.17) is 16.2 Å². The highest BCUT2D eigenvalue weighted by Gasteiger charge is 2.19. The minimum Gasteiger partial charge on any atom is -0.449 e. The van der Waals surface area contributed by atoms with Crippen LogP contribution in [0, 0.1) is 5.92 Å². The fourth-order valence-corrected chi connectivity index (χ4v) is 1.55. The van der Waals surface area contributed by atoms with E-state index < -0.39 is 6.09 Å². The van der Waals surface area contributed by atoms with E-state index in [1.54, 1.807) is 0 Å². The van der Waals surface area contributed by atoms with Gasteiger partial charge in [0.2, 0.25) is 0 Å². The van der Waals surface area contributed by atoms with Crippen molar-refractivity contribution in [3.8, 4) is 0 Å². The van der Waals surface area contributed by atoms with Crippen LogP contribution in [0.4, 0.5) is 4.79 Å². The first-order valence-corrected chi connectivity index (χ1v) is 4.36. The molecule has 0 unspecified atom stereocenters. The van der Waals surface area contributed by atoms with Gasteiger partial charge in [-0.15, -0.1) is 0 Å². The van der Waals surface area contributed by atoms with Crippen LogP contribution >= 0.6 is 0 Å². The maximum Gasteiger partial charge on any atom is 0.404 e. The van der Waals surface area contributed by atoms with Crippen molar-refractivity contribution >= 4 is 6.09 Å². The van der Waals surface area contributed by atoms with Crippen molar-refractivity contribution in [2.75, 3.05) is 6.61 Å². The van der Waals surface area contributed by atoms with Gasteiger partial charge >= 0.3 is 6.09 Å². The summed E-state index contributed by atoms with van der Waals surface area (Å²) in [7, 11) is 0. The first-order valence-electron chi connectivity index (χ1n) is 4.36. The predicted molar refractivity (Wildman–Crippen MR) is 45.5 cm³/mol. The molecular formula is C8H16N2O2. The summed E-state index contributed by atoms with van der Waals surface area (Å²) in [6.45, 7) is 0.460. The number of nitrogens with two attached hydrogens (primary N) is 2. The first kappa shape index (κ1) is 9.32. The van der Waals surface area contributed by atoms with Gasteiger partial charge in [0.1, 0.15) is 0 Å². The fourth-order valence-electron chi connectivity index (χ4n) is 1.55. The number of hydrogen-bond acceptors (Lipinski definition) is 3. The average Bonchev–Trinajstić information content (AvgIpc) is 2.03. The highest BCUT2D eigenvalue weighted by atomic mass is 16.5. The van der Waals surface area contributed by atoms with Crippen molar-refractivity contribution in [1.82, 2.24) is 0 Å². The van der Waals surface area contributed by atoms with Gasteiger partial charge < -0.3 is 16.2 Å². The quantitative estimate of drug-likeness (QED) is 0.640. The lowest BCUT2D eigenvalue weighted by Gasteiger charge is -2.25. The molecule has 0 aliphatic heterocycles. The van der Waals surface area contributed by atoms with Gasteiger partial charge in [0.15, 0.2) is 0 Å². The molecule has 1 rings (SSSR count). The van der Waals surface area contributed by atoms with Gasteiger partial charge in [-0.2, -0.15) is 0 Å². The number of ether oxygens (including phenoxy) is 1.